The Morgan fingerprint density at radius 3 is 2.50 bits per heavy atom. The van der Waals surface area contributed by atoms with Crippen molar-refractivity contribution >= 4 is 23.3 Å². The summed E-state index contributed by atoms with van der Waals surface area (Å²) in [5.74, 6) is 0. The van der Waals surface area contributed by atoms with Crippen molar-refractivity contribution in [2.45, 2.75) is 19.4 Å². The van der Waals surface area contributed by atoms with E-state index in [9.17, 15) is 5.11 Å². The zero-order valence-electron chi connectivity index (χ0n) is 13.8. The SMILES string of the molecule is CCCNCC(O)c1cc(-c2ccccc2)nc2ccccc12.Cl. The van der Waals surface area contributed by atoms with E-state index in [2.05, 4.69) is 12.2 Å². The van der Waals surface area contributed by atoms with E-state index in [1.807, 2.05) is 60.7 Å². The molecule has 3 nitrogen and oxygen atoms in total. The maximum atomic E-state index is 10.6. The second-order valence-corrected chi connectivity index (χ2v) is 5.70. The molecular formula is C20H23ClN2O. The number of hydrogen-bond acceptors (Lipinski definition) is 3. The molecule has 1 aromatic heterocycles. The third kappa shape index (κ3) is 4.12. The van der Waals surface area contributed by atoms with E-state index in [0.29, 0.717) is 6.54 Å². The fraction of sp³-hybridized carbons (Fsp3) is 0.250. The first-order valence-corrected chi connectivity index (χ1v) is 8.13. The largest absolute Gasteiger partial charge is 0.387 e. The van der Waals surface area contributed by atoms with E-state index in [4.69, 9.17) is 4.98 Å². The Balaban J connectivity index is 0.00000208. The van der Waals surface area contributed by atoms with Crippen LogP contribution in [-0.2, 0) is 0 Å². The van der Waals surface area contributed by atoms with E-state index < -0.39 is 6.10 Å². The highest BCUT2D eigenvalue weighted by atomic mass is 35.5. The molecule has 1 heterocycles. The summed E-state index contributed by atoms with van der Waals surface area (Å²) < 4.78 is 0. The minimum atomic E-state index is -0.545. The lowest BCUT2D eigenvalue weighted by Gasteiger charge is -2.16. The van der Waals surface area contributed by atoms with Crippen LogP contribution in [-0.4, -0.2) is 23.2 Å². The molecule has 2 N–H and O–H groups in total. The van der Waals surface area contributed by atoms with Gasteiger partial charge in [-0.1, -0.05) is 55.5 Å². The van der Waals surface area contributed by atoms with E-state index in [0.717, 1.165) is 40.7 Å². The molecule has 0 radical (unpaired) electrons. The lowest BCUT2D eigenvalue weighted by atomic mass is 10.00. The number of aromatic nitrogens is 1. The number of halogens is 1. The second-order valence-electron chi connectivity index (χ2n) is 5.70. The number of para-hydroxylation sites is 1. The van der Waals surface area contributed by atoms with Gasteiger partial charge in [-0.3, -0.25) is 0 Å². The molecule has 24 heavy (non-hydrogen) atoms. The van der Waals surface area contributed by atoms with Crippen molar-refractivity contribution in [3.05, 3.63) is 66.2 Å². The maximum absolute atomic E-state index is 10.6. The smallest absolute Gasteiger partial charge is 0.0921 e. The van der Waals surface area contributed by atoms with Crippen LogP contribution in [0.2, 0.25) is 0 Å². The van der Waals surface area contributed by atoms with Crippen LogP contribution >= 0.6 is 12.4 Å². The van der Waals surface area contributed by atoms with Crippen LogP contribution in [0, 0.1) is 0 Å². The average molecular weight is 343 g/mol. The predicted molar refractivity (Wildman–Crippen MR) is 103 cm³/mol. The van der Waals surface area contributed by atoms with Gasteiger partial charge in [-0.25, -0.2) is 4.98 Å². The molecule has 3 aromatic rings. The van der Waals surface area contributed by atoms with Crippen molar-refractivity contribution in [3.8, 4) is 11.3 Å². The van der Waals surface area contributed by atoms with E-state index in [1.165, 1.54) is 0 Å². The van der Waals surface area contributed by atoms with Gasteiger partial charge in [0.2, 0.25) is 0 Å². The fourth-order valence-electron chi connectivity index (χ4n) is 2.76. The maximum Gasteiger partial charge on any atom is 0.0921 e. The average Bonchev–Trinajstić information content (AvgIpc) is 2.61. The molecule has 0 fully saturated rings. The minimum Gasteiger partial charge on any atom is -0.387 e. The first-order chi connectivity index (χ1) is 11.3. The fourth-order valence-corrected chi connectivity index (χ4v) is 2.76. The first kappa shape index (κ1) is 18.4. The summed E-state index contributed by atoms with van der Waals surface area (Å²) >= 11 is 0. The number of nitrogens with one attached hydrogen (secondary N) is 1. The van der Waals surface area contributed by atoms with Gasteiger partial charge < -0.3 is 10.4 Å². The molecule has 0 aliphatic rings. The van der Waals surface area contributed by atoms with Gasteiger partial charge in [-0.05, 0) is 30.7 Å². The zero-order valence-corrected chi connectivity index (χ0v) is 14.6. The Labute approximate surface area is 149 Å². The molecule has 0 amide bonds. The van der Waals surface area contributed by atoms with Gasteiger partial charge in [0.1, 0.15) is 0 Å². The van der Waals surface area contributed by atoms with Crippen molar-refractivity contribution in [1.82, 2.24) is 10.3 Å². The highest BCUT2D eigenvalue weighted by Crippen LogP contribution is 2.28. The monoisotopic (exact) mass is 342 g/mol. The van der Waals surface area contributed by atoms with Crippen LogP contribution in [0.3, 0.4) is 0 Å². The van der Waals surface area contributed by atoms with Crippen LogP contribution in [0.25, 0.3) is 22.2 Å². The molecule has 3 rings (SSSR count). The Kier molecular flexibility index (Phi) is 6.73. The van der Waals surface area contributed by atoms with E-state index >= 15 is 0 Å². The highest BCUT2D eigenvalue weighted by Gasteiger charge is 2.14. The summed E-state index contributed by atoms with van der Waals surface area (Å²) in [6.07, 6.45) is 0.510. The molecule has 0 aliphatic heterocycles. The van der Waals surface area contributed by atoms with Gasteiger partial charge in [-0.2, -0.15) is 0 Å². The van der Waals surface area contributed by atoms with Gasteiger partial charge in [0.15, 0.2) is 0 Å². The van der Waals surface area contributed by atoms with Crippen LogP contribution in [0.1, 0.15) is 25.0 Å². The van der Waals surface area contributed by atoms with Crippen LogP contribution < -0.4 is 5.32 Å². The van der Waals surface area contributed by atoms with Crippen LogP contribution in [0.4, 0.5) is 0 Å². The summed E-state index contributed by atoms with van der Waals surface area (Å²) in [5, 5.41) is 14.9. The molecule has 1 unspecified atom stereocenters. The molecule has 0 saturated heterocycles. The van der Waals surface area contributed by atoms with Crippen molar-refractivity contribution in [2.75, 3.05) is 13.1 Å². The number of pyridine rings is 1. The molecule has 4 heteroatoms. The summed E-state index contributed by atoms with van der Waals surface area (Å²) in [5.41, 5.74) is 3.80. The number of benzene rings is 2. The van der Waals surface area contributed by atoms with Gasteiger partial charge in [-0.15, -0.1) is 12.4 Å². The Morgan fingerprint density at radius 2 is 1.75 bits per heavy atom. The highest BCUT2D eigenvalue weighted by molar-refractivity contribution is 5.86. The summed E-state index contributed by atoms with van der Waals surface area (Å²) in [4.78, 5) is 4.75. The summed E-state index contributed by atoms with van der Waals surface area (Å²) in [6, 6.07) is 20.1. The molecule has 0 saturated carbocycles. The molecule has 2 aromatic carbocycles. The third-order valence-corrected chi connectivity index (χ3v) is 3.94. The zero-order chi connectivity index (χ0) is 16.1. The van der Waals surface area contributed by atoms with Gasteiger partial charge in [0.25, 0.3) is 0 Å². The first-order valence-electron chi connectivity index (χ1n) is 8.13. The molecule has 1 atom stereocenters. The van der Waals surface area contributed by atoms with Gasteiger partial charge >= 0.3 is 0 Å². The predicted octanol–water partition coefficient (Wildman–Crippen LogP) is 4.36. The molecule has 126 valence electrons. The number of nitrogens with zero attached hydrogens (tertiary/aromatic N) is 1. The van der Waals surface area contributed by atoms with E-state index in [-0.39, 0.29) is 12.4 Å². The summed E-state index contributed by atoms with van der Waals surface area (Å²) in [7, 11) is 0. The minimum absolute atomic E-state index is 0. The van der Waals surface area contributed by atoms with E-state index in [1.54, 1.807) is 0 Å². The molecule has 0 bridgehead atoms. The number of aliphatic hydroxyl groups is 1. The number of rotatable bonds is 6. The Bertz CT molecular complexity index is 777. The lowest BCUT2D eigenvalue weighted by Crippen LogP contribution is -2.22. The third-order valence-electron chi connectivity index (χ3n) is 3.94. The van der Waals surface area contributed by atoms with Crippen LogP contribution in [0.15, 0.2) is 60.7 Å². The lowest BCUT2D eigenvalue weighted by molar-refractivity contribution is 0.176. The Morgan fingerprint density at radius 1 is 1.04 bits per heavy atom. The quantitative estimate of drug-likeness (QED) is 0.654. The number of hydrogen-bond donors (Lipinski definition) is 2. The Hall–Kier alpha value is -1.94. The number of fused-ring (bicyclic) bond motifs is 1. The van der Waals surface area contributed by atoms with Crippen molar-refractivity contribution < 1.29 is 5.11 Å². The normalized spacial score (nSPS) is 11.9. The molecular weight excluding hydrogens is 320 g/mol. The standard InChI is InChI=1S/C20H22N2O.ClH/c1-2-12-21-14-20(23)17-13-19(15-8-4-3-5-9-15)22-18-11-7-6-10-16(17)18;/h3-11,13,20-21,23H,2,12,14H2,1H3;1H. The van der Waals surface area contributed by atoms with Crippen LogP contribution in [0.5, 0.6) is 0 Å². The van der Waals surface area contributed by atoms with Crippen molar-refractivity contribution in [2.24, 2.45) is 0 Å². The van der Waals surface area contributed by atoms with Gasteiger partial charge in [0.05, 0.1) is 17.3 Å². The number of aliphatic hydroxyl groups excluding tert-OH is 1. The van der Waals surface area contributed by atoms with Gasteiger partial charge in [0, 0.05) is 17.5 Å². The van der Waals surface area contributed by atoms with Crippen molar-refractivity contribution in [3.63, 3.8) is 0 Å². The van der Waals surface area contributed by atoms with Crippen molar-refractivity contribution in [1.29, 1.82) is 0 Å². The molecule has 0 aliphatic carbocycles. The topological polar surface area (TPSA) is 45.1 Å². The second kappa shape index (κ2) is 8.78. The molecule has 0 spiro atoms. The summed E-state index contributed by atoms with van der Waals surface area (Å²) in [6.45, 7) is 3.58.